The third-order valence-corrected chi connectivity index (χ3v) is 2.87. The van der Waals surface area contributed by atoms with E-state index in [1.54, 1.807) is 6.07 Å². The molecule has 0 amide bonds. The van der Waals surface area contributed by atoms with Crippen LogP contribution in [0.3, 0.4) is 0 Å². The van der Waals surface area contributed by atoms with Gasteiger partial charge >= 0.3 is 0 Å². The van der Waals surface area contributed by atoms with Gasteiger partial charge in [0.25, 0.3) is 0 Å². The lowest BCUT2D eigenvalue weighted by atomic mass is 10.2. The van der Waals surface area contributed by atoms with Crippen LogP contribution in [-0.2, 0) is 0 Å². The molecule has 0 radical (unpaired) electrons. The van der Waals surface area contributed by atoms with E-state index in [0.29, 0.717) is 23.4 Å². The highest BCUT2D eigenvalue weighted by atomic mass is 19.2. The molecule has 1 aromatic carbocycles. The minimum absolute atomic E-state index is 0.293. The summed E-state index contributed by atoms with van der Waals surface area (Å²) >= 11 is 0. The van der Waals surface area contributed by atoms with Gasteiger partial charge in [0.05, 0.1) is 0 Å². The second-order valence-electron chi connectivity index (χ2n) is 4.50. The summed E-state index contributed by atoms with van der Waals surface area (Å²) in [6.07, 6.45) is 2.38. The van der Waals surface area contributed by atoms with E-state index in [0.717, 1.165) is 18.6 Å². The number of rotatable bonds is 5. The van der Waals surface area contributed by atoms with E-state index in [1.807, 2.05) is 6.92 Å². The fourth-order valence-electron chi connectivity index (χ4n) is 1.58. The number of nitrogens with zero attached hydrogens (tertiary/aromatic N) is 2. The monoisotopic (exact) mass is 278 g/mol. The quantitative estimate of drug-likeness (QED) is 0.875. The van der Waals surface area contributed by atoms with E-state index < -0.39 is 11.6 Å². The summed E-state index contributed by atoms with van der Waals surface area (Å²) < 4.78 is 26.0. The number of benzene rings is 1. The number of nitrogens with one attached hydrogen (secondary N) is 2. The number of anilines is 3. The number of halogens is 2. The molecule has 4 nitrogen and oxygen atoms in total. The highest BCUT2D eigenvalue weighted by molar-refractivity contribution is 5.58. The van der Waals surface area contributed by atoms with Crippen molar-refractivity contribution in [2.45, 2.75) is 26.3 Å². The molecule has 0 fully saturated rings. The summed E-state index contributed by atoms with van der Waals surface area (Å²) in [6, 6.07) is 5.60. The van der Waals surface area contributed by atoms with Gasteiger partial charge in [0.15, 0.2) is 11.6 Å². The van der Waals surface area contributed by atoms with Gasteiger partial charge in [0.1, 0.15) is 18.0 Å². The van der Waals surface area contributed by atoms with E-state index in [9.17, 15) is 8.78 Å². The fraction of sp³-hybridized carbons (Fsp3) is 0.286. The molecule has 1 unspecified atom stereocenters. The number of hydrogen-bond donors (Lipinski definition) is 2. The van der Waals surface area contributed by atoms with Crippen molar-refractivity contribution in [2.24, 2.45) is 0 Å². The molecule has 2 aromatic rings. The van der Waals surface area contributed by atoms with Crippen molar-refractivity contribution in [3.63, 3.8) is 0 Å². The summed E-state index contributed by atoms with van der Waals surface area (Å²) in [4.78, 5) is 8.15. The first-order valence-corrected chi connectivity index (χ1v) is 6.39. The van der Waals surface area contributed by atoms with Gasteiger partial charge in [-0.25, -0.2) is 18.7 Å². The standard InChI is InChI=1S/C14H16F2N4/c1-3-9(2)19-13-7-14(18-8-17-13)20-10-4-5-11(15)12(16)6-10/h4-9H,3H2,1-2H3,(H2,17,18,19,20). The molecule has 1 heterocycles. The minimum atomic E-state index is -0.901. The van der Waals surface area contributed by atoms with Gasteiger partial charge in [0.2, 0.25) is 0 Å². The maximum Gasteiger partial charge on any atom is 0.160 e. The van der Waals surface area contributed by atoms with Crippen molar-refractivity contribution in [2.75, 3.05) is 10.6 Å². The Labute approximate surface area is 116 Å². The molecule has 0 aliphatic rings. The Balaban J connectivity index is 2.12. The van der Waals surface area contributed by atoms with Gasteiger partial charge in [-0.05, 0) is 25.5 Å². The Morgan fingerprint density at radius 3 is 2.55 bits per heavy atom. The topological polar surface area (TPSA) is 49.8 Å². The zero-order chi connectivity index (χ0) is 14.5. The lowest BCUT2D eigenvalue weighted by molar-refractivity contribution is 0.509. The van der Waals surface area contributed by atoms with E-state index in [4.69, 9.17) is 0 Å². The smallest absolute Gasteiger partial charge is 0.160 e. The Morgan fingerprint density at radius 1 is 1.10 bits per heavy atom. The zero-order valence-corrected chi connectivity index (χ0v) is 11.3. The van der Waals surface area contributed by atoms with Gasteiger partial charge in [-0.15, -0.1) is 0 Å². The van der Waals surface area contributed by atoms with Gasteiger partial charge in [-0.2, -0.15) is 0 Å². The van der Waals surface area contributed by atoms with E-state index in [2.05, 4.69) is 27.5 Å². The van der Waals surface area contributed by atoms with Crippen LogP contribution in [0, 0.1) is 11.6 Å². The Bertz CT molecular complexity index is 589. The molecule has 2 N–H and O–H groups in total. The van der Waals surface area contributed by atoms with Crippen LogP contribution in [0.1, 0.15) is 20.3 Å². The zero-order valence-electron chi connectivity index (χ0n) is 11.3. The van der Waals surface area contributed by atoms with Gasteiger partial charge < -0.3 is 10.6 Å². The highest BCUT2D eigenvalue weighted by Gasteiger charge is 2.05. The predicted octanol–water partition coefficient (Wildman–Crippen LogP) is 3.71. The number of aromatic nitrogens is 2. The van der Waals surface area contributed by atoms with E-state index >= 15 is 0 Å². The maximum absolute atomic E-state index is 13.1. The second kappa shape index (κ2) is 6.27. The number of hydrogen-bond acceptors (Lipinski definition) is 4. The third-order valence-electron chi connectivity index (χ3n) is 2.87. The highest BCUT2D eigenvalue weighted by Crippen LogP contribution is 2.19. The van der Waals surface area contributed by atoms with Crippen molar-refractivity contribution >= 4 is 17.3 Å². The molecule has 1 atom stereocenters. The normalized spacial score (nSPS) is 12.0. The summed E-state index contributed by atoms with van der Waals surface area (Å²) in [6.45, 7) is 4.11. The molecule has 1 aromatic heterocycles. The van der Waals surface area contributed by atoms with Crippen LogP contribution in [-0.4, -0.2) is 16.0 Å². The molecular formula is C14H16F2N4. The first kappa shape index (κ1) is 14.2. The lowest BCUT2D eigenvalue weighted by Crippen LogP contribution is -2.14. The van der Waals surface area contributed by atoms with Crippen LogP contribution in [0.5, 0.6) is 0 Å². The van der Waals surface area contributed by atoms with Gasteiger partial charge in [0, 0.05) is 23.9 Å². The summed E-state index contributed by atoms with van der Waals surface area (Å²) in [5, 5.41) is 6.12. The Kier molecular flexibility index (Phi) is 4.45. The van der Waals surface area contributed by atoms with Gasteiger partial charge in [-0.1, -0.05) is 6.92 Å². The SMILES string of the molecule is CCC(C)Nc1cc(Nc2ccc(F)c(F)c2)ncn1. The van der Waals surface area contributed by atoms with E-state index in [-0.39, 0.29) is 0 Å². The molecule has 0 bridgehead atoms. The predicted molar refractivity (Wildman–Crippen MR) is 75.0 cm³/mol. The van der Waals surface area contributed by atoms with Crippen LogP contribution in [0.2, 0.25) is 0 Å². The average molecular weight is 278 g/mol. The molecule has 0 saturated carbocycles. The van der Waals surface area contributed by atoms with Crippen molar-refractivity contribution in [3.05, 3.63) is 42.2 Å². The molecule has 2 rings (SSSR count). The van der Waals surface area contributed by atoms with Crippen LogP contribution in [0.25, 0.3) is 0 Å². The molecule has 106 valence electrons. The summed E-state index contributed by atoms with van der Waals surface area (Å²) in [5.41, 5.74) is 0.428. The molecule has 20 heavy (non-hydrogen) atoms. The van der Waals surface area contributed by atoms with Crippen LogP contribution in [0.15, 0.2) is 30.6 Å². The average Bonchev–Trinajstić information content (AvgIpc) is 2.43. The molecule has 0 aliphatic carbocycles. The minimum Gasteiger partial charge on any atom is -0.367 e. The van der Waals surface area contributed by atoms with Crippen LogP contribution in [0.4, 0.5) is 26.1 Å². The fourth-order valence-corrected chi connectivity index (χ4v) is 1.58. The largest absolute Gasteiger partial charge is 0.367 e. The first-order valence-electron chi connectivity index (χ1n) is 6.39. The molecule has 0 spiro atoms. The molecule has 0 saturated heterocycles. The molecular weight excluding hydrogens is 262 g/mol. The van der Waals surface area contributed by atoms with Crippen molar-refractivity contribution < 1.29 is 8.78 Å². The third kappa shape index (κ3) is 3.63. The molecule has 0 aliphatic heterocycles. The first-order chi connectivity index (χ1) is 9.58. The van der Waals surface area contributed by atoms with E-state index in [1.165, 1.54) is 12.4 Å². The Morgan fingerprint density at radius 2 is 1.85 bits per heavy atom. The summed E-state index contributed by atoms with van der Waals surface area (Å²) in [5.74, 6) is -0.587. The van der Waals surface area contributed by atoms with Crippen molar-refractivity contribution in [1.29, 1.82) is 0 Å². The maximum atomic E-state index is 13.1. The van der Waals surface area contributed by atoms with Crippen LogP contribution >= 0.6 is 0 Å². The van der Waals surface area contributed by atoms with Gasteiger partial charge in [-0.3, -0.25) is 0 Å². The summed E-state index contributed by atoms with van der Waals surface area (Å²) in [7, 11) is 0. The lowest BCUT2D eigenvalue weighted by Gasteiger charge is -2.13. The Hall–Kier alpha value is -2.24. The molecule has 6 heteroatoms. The van der Waals surface area contributed by atoms with Crippen LogP contribution < -0.4 is 10.6 Å². The van der Waals surface area contributed by atoms with Crippen molar-refractivity contribution in [1.82, 2.24) is 9.97 Å². The van der Waals surface area contributed by atoms with Crippen molar-refractivity contribution in [3.8, 4) is 0 Å². The second-order valence-corrected chi connectivity index (χ2v) is 4.50.